The monoisotopic (exact) mass is 532 g/mol. The van der Waals surface area contributed by atoms with Gasteiger partial charge in [-0.3, -0.25) is 9.59 Å². The minimum Gasteiger partial charge on any atom is -0.457 e. The zero-order valence-corrected chi connectivity index (χ0v) is 22.5. The van der Waals surface area contributed by atoms with Crippen LogP contribution in [0.3, 0.4) is 0 Å². The van der Waals surface area contributed by atoms with Gasteiger partial charge in [0.25, 0.3) is 0 Å². The highest BCUT2D eigenvalue weighted by molar-refractivity contribution is 5.93. The lowest BCUT2D eigenvalue weighted by Crippen LogP contribution is -2.45. The molecule has 0 bridgehead atoms. The van der Waals surface area contributed by atoms with Crippen LogP contribution in [0, 0.1) is 0 Å². The number of ether oxygens (including phenoxy) is 2. The Morgan fingerprint density at radius 1 is 0.750 bits per heavy atom. The van der Waals surface area contributed by atoms with Crippen LogP contribution in [-0.2, 0) is 40.8 Å². The molecule has 0 spiro atoms. The van der Waals surface area contributed by atoms with Gasteiger partial charge in [-0.2, -0.15) is 0 Å². The summed E-state index contributed by atoms with van der Waals surface area (Å²) >= 11 is 0. The van der Waals surface area contributed by atoms with E-state index in [1.807, 2.05) is 127 Å². The molecule has 5 aromatic rings. The maximum absolute atomic E-state index is 13.4. The summed E-state index contributed by atoms with van der Waals surface area (Å²) in [6.45, 7) is 0.444. The molecule has 1 heterocycles. The van der Waals surface area contributed by atoms with Gasteiger partial charge in [0, 0.05) is 30.6 Å². The number of para-hydroxylation sites is 2. The lowest BCUT2D eigenvalue weighted by Gasteiger charge is -2.18. The predicted octanol–water partition coefficient (Wildman–Crippen LogP) is 6.03. The second-order valence-corrected chi connectivity index (χ2v) is 9.78. The Morgan fingerprint density at radius 2 is 1.40 bits per heavy atom. The lowest BCUT2D eigenvalue weighted by molar-refractivity contribution is -0.128. The number of rotatable bonds is 12. The average molecular weight is 533 g/mol. The topological polar surface area (TPSA) is 69.6 Å². The van der Waals surface area contributed by atoms with E-state index in [1.165, 1.54) is 0 Å². The van der Waals surface area contributed by atoms with E-state index >= 15 is 0 Å². The minimum atomic E-state index is -0.772. The largest absolute Gasteiger partial charge is 0.457 e. The highest BCUT2D eigenvalue weighted by Crippen LogP contribution is 2.22. The van der Waals surface area contributed by atoms with E-state index in [0.29, 0.717) is 12.4 Å². The van der Waals surface area contributed by atoms with Gasteiger partial charge in [0.2, 0.25) is 5.91 Å². The molecule has 4 aromatic carbocycles. The van der Waals surface area contributed by atoms with Crippen molar-refractivity contribution in [3.05, 3.63) is 132 Å². The molecular formula is C34H32N2O4. The van der Waals surface area contributed by atoms with E-state index in [9.17, 15) is 9.59 Å². The molecule has 1 N–H and O–H groups in total. The number of carbonyl (C=O) groups excluding carboxylic acids is 2. The number of hydrogen-bond acceptors (Lipinski definition) is 4. The van der Waals surface area contributed by atoms with Gasteiger partial charge in [-0.1, -0.05) is 78.9 Å². The van der Waals surface area contributed by atoms with Crippen molar-refractivity contribution in [2.45, 2.75) is 25.5 Å². The Morgan fingerprint density at radius 3 is 2.15 bits per heavy atom. The second kappa shape index (κ2) is 12.9. The van der Waals surface area contributed by atoms with E-state index in [-0.39, 0.29) is 31.1 Å². The first kappa shape index (κ1) is 26.9. The van der Waals surface area contributed by atoms with Crippen LogP contribution < -0.4 is 10.1 Å². The summed E-state index contributed by atoms with van der Waals surface area (Å²) < 4.78 is 13.8. The highest BCUT2D eigenvalue weighted by Gasteiger charge is 2.22. The van der Waals surface area contributed by atoms with Crippen LogP contribution in [0.2, 0.25) is 0 Å². The fourth-order valence-corrected chi connectivity index (χ4v) is 4.69. The Hall–Kier alpha value is -4.68. The molecule has 0 aliphatic heterocycles. The normalized spacial score (nSPS) is 11.7. The van der Waals surface area contributed by atoms with Crippen molar-refractivity contribution in [3.63, 3.8) is 0 Å². The molecular weight excluding hydrogens is 500 g/mol. The van der Waals surface area contributed by atoms with Crippen LogP contribution in [0.4, 0.5) is 0 Å². The molecule has 6 nitrogen and oxygen atoms in total. The quantitative estimate of drug-likeness (QED) is 0.213. The SMILES string of the molecule is Cn1cc(CC(=O)NC(COCc2ccccc2)C(=O)Cc2ccc(Oc3ccccc3)cc2)c2ccccc21. The molecule has 202 valence electrons. The predicted molar refractivity (Wildman–Crippen MR) is 156 cm³/mol. The van der Waals surface area contributed by atoms with Crippen molar-refractivity contribution >= 4 is 22.6 Å². The summed E-state index contributed by atoms with van der Waals surface area (Å²) in [5, 5.41) is 3.97. The Balaban J connectivity index is 1.25. The highest BCUT2D eigenvalue weighted by atomic mass is 16.5. The van der Waals surface area contributed by atoms with Gasteiger partial charge in [0.15, 0.2) is 5.78 Å². The fraction of sp³-hybridized carbons (Fsp3) is 0.176. The molecule has 0 aliphatic carbocycles. The summed E-state index contributed by atoms with van der Waals surface area (Å²) in [4.78, 5) is 26.5. The molecule has 0 saturated carbocycles. The van der Waals surface area contributed by atoms with Gasteiger partial charge in [-0.25, -0.2) is 0 Å². The van der Waals surface area contributed by atoms with Crippen molar-refractivity contribution in [2.24, 2.45) is 7.05 Å². The number of carbonyl (C=O) groups is 2. The first-order chi connectivity index (χ1) is 19.5. The smallest absolute Gasteiger partial charge is 0.225 e. The average Bonchev–Trinajstić information content (AvgIpc) is 3.29. The fourth-order valence-electron chi connectivity index (χ4n) is 4.69. The van der Waals surface area contributed by atoms with E-state index in [4.69, 9.17) is 9.47 Å². The van der Waals surface area contributed by atoms with Gasteiger partial charge in [0.1, 0.15) is 17.5 Å². The number of nitrogens with zero attached hydrogens (tertiary/aromatic N) is 1. The van der Waals surface area contributed by atoms with Gasteiger partial charge in [-0.15, -0.1) is 0 Å². The van der Waals surface area contributed by atoms with Gasteiger partial charge >= 0.3 is 0 Å². The molecule has 1 atom stereocenters. The van der Waals surface area contributed by atoms with Crippen molar-refractivity contribution in [3.8, 4) is 11.5 Å². The number of hydrogen-bond donors (Lipinski definition) is 1. The van der Waals surface area contributed by atoms with Crippen LogP contribution in [0.25, 0.3) is 10.9 Å². The van der Waals surface area contributed by atoms with Crippen molar-refractivity contribution in [1.29, 1.82) is 0 Å². The molecule has 1 aromatic heterocycles. The molecule has 6 heteroatoms. The first-order valence-corrected chi connectivity index (χ1v) is 13.3. The van der Waals surface area contributed by atoms with Crippen LogP contribution in [0.5, 0.6) is 11.5 Å². The summed E-state index contributed by atoms with van der Waals surface area (Å²) in [7, 11) is 1.96. The summed E-state index contributed by atoms with van der Waals surface area (Å²) in [5.41, 5.74) is 3.82. The zero-order chi connectivity index (χ0) is 27.7. The molecule has 0 saturated heterocycles. The van der Waals surface area contributed by atoms with Crippen LogP contribution in [0.15, 0.2) is 115 Å². The number of amides is 1. The van der Waals surface area contributed by atoms with E-state index in [0.717, 1.165) is 33.3 Å². The van der Waals surface area contributed by atoms with Crippen molar-refractivity contribution in [1.82, 2.24) is 9.88 Å². The number of Topliss-reactive ketones (excluding diaryl/α,β-unsaturated/α-hetero) is 1. The minimum absolute atomic E-state index is 0.0875. The number of aromatic nitrogens is 1. The summed E-state index contributed by atoms with van der Waals surface area (Å²) in [6.07, 6.45) is 2.31. The second-order valence-electron chi connectivity index (χ2n) is 9.78. The van der Waals surface area contributed by atoms with Crippen LogP contribution in [-0.4, -0.2) is 28.9 Å². The van der Waals surface area contributed by atoms with Gasteiger partial charge < -0.3 is 19.4 Å². The number of fused-ring (bicyclic) bond motifs is 1. The maximum atomic E-state index is 13.4. The molecule has 0 fully saturated rings. The van der Waals surface area contributed by atoms with E-state index in [2.05, 4.69) is 5.32 Å². The Kier molecular flexibility index (Phi) is 8.69. The molecule has 0 radical (unpaired) electrons. The van der Waals surface area contributed by atoms with Gasteiger partial charge in [-0.05, 0) is 47.0 Å². The number of aryl methyl sites for hydroxylation is 1. The maximum Gasteiger partial charge on any atom is 0.225 e. The lowest BCUT2D eigenvalue weighted by atomic mass is 10.0. The number of ketones is 1. The third-order valence-electron chi connectivity index (χ3n) is 6.73. The zero-order valence-electron chi connectivity index (χ0n) is 22.5. The summed E-state index contributed by atoms with van der Waals surface area (Å²) in [5.74, 6) is 1.10. The van der Waals surface area contributed by atoms with Crippen molar-refractivity contribution in [2.75, 3.05) is 6.61 Å². The Bertz CT molecular complexity index is 1560. The molecule has 5 rings (SSSR count). The third kappa shape index (κ3) is 7.04. The third-order valence-corrected chi connectivity index (χ3v) is 6.73. The Labute approximate surface area is 234 Å². The first-order valence-electron chi connectivity index (χ1n) is 13.3. The summed E-state index contributed by atoms with van der Waals surface area (Å²) in [6, 6.07) is 33.9. The van der Waals surface area contributed by atoms with E-state index < -0.39 is 6.04 Å². The van der Waals surface area contributed by atoms with Crippen molar-refractivity contribution < 1.29 is 19.1 Å². The van der Waals surface area contributed by atoms with Crippen LogP contribution >= 0.6 is 0 Å². The molecule has 0 aliphatic rings. The molecule has 1 amide bonds. The van der Waals surface area contributed by atoms with Gasteiger partial charge in [0.05, 0.1) is 19.6 Å². The standard InChI is InChI=1S/C34H32N2O4/c1-36-22-27(30-14-8-9-15-32(30)36)21-34(38)35-31(24-39-23-26-10-4-2-5-11-26)33(37)20-25-16-18-29(19-17-25)40-28-12-6-3-7-13-28/h2-19,22,31H,20-21,23-24H2,1H3,(H,35,38). The molecule has 40 heavy (non-hydrogen) atoms. The number of nitrogens with one attached hydrogen (secondary N) is 1. The van der Waals surface area contributed by atoms with Crippen LogP contribution in [0.1, 0.15) is 16.7 Å². The molecule has 1 unspecified atom stereocenters. The number of benzene rings is 4. The van der Waals surface area contributed by atoms with E-state index in [1.54, 1.807) is 0 Å².